The topological polar surface area (TPSA) is 111 Å². The van der Waals surface area contributed by atoms with E-state index < -0.39 is 51.3 Å². The highest BCUT2D eigenvalue weighted by molar-refractivity contribution is 6.74. The number of aliphatic hydroxyl groups excluding tert-OH is 1. The van der Waals surface area contributed by atoms with E-state index >= 15 is 0 Å². The molecule has 2 saturated heterocycles. The molecule has 0 radical (unpaired) electrons. The van der Waals surface area contributed by atoms with E-state index in [1.807, 2.05) is 37.3 Å². The van der Waals surface area contributed by atoms with E-state index in [0.717, 1.165) is 5.56 Å². The van der Waals surface area contributed by atoms with Gasteiger partial charge in [-0.15, -0.1) is 0 Å². The van der Waals surface area contributed by atoms with Gasteiger partial charge in [-0.1, -0.05) is 51.1 Å². The summed E-state index contributed by atoms with van der Waals surface area (Å²) in [5.41, 5.74) is 1.04. The zero-order valence-corrected chi connectivity index (χ0v) is 26.3. The Morgan fingerprint density at radius 1 is 1.05 bits per heavy atom. The maximum Gasteiger partial charge on any atom is 0.303 e. The molecular formula is C29H48O10Si. The molecule has 1 aromatic rings. The normalized spacial score (nSPS) is 33.5. The second kappa shape index (κ2) is 14.2. The number of hydrogen-bond acceptors (Lipinski definition) is 10. The number of rotatable bonds is 11. The summed E-state index contributed by atoms with van der Waals surface area (Å²) in [6, 6.07) is 9.95. The van der Waals surface area contributed by atoms with E-state index in [4.69, 9.17) is 37.6 Å². The van der Waals surface area contributed by atoms with Crippen molar-refractivity contribution in [2.45, 2.75) is 121 Å². The number of benzene rings is 1. The number of aliphatic hydroxyl groups is 1. The molecule has 40 heavy (non-hydrogen) atoms. The smallest absolute Gasteiger partial charge is 0.303 e. The van der Waals surface area contributed by atoms with Gasteiger partial charge in [0.05, 0.1) is 31.5 Å². The highest BCUT2D eigenvalue weighted by atomic mass is 28.4. The lowest BCUT2D eigenvalue weighted by molar-refractivity contribution is -0.344. The fourth-order valence-electron chi connectivity index (χ4n) is 4.84. The van der Waals surface area contributed by atoms with Crippen LogP contribution in [0, 0.1) is 0 Å². The molecule has 228 valence electrons. The minimum absolute atomic E-state index is 0.00124. The van der Waals surface area contributed by atoms with Crippen LogP contribution in [0.1, 0.15) is 46.6 Å². The molecule has 0 amide bonds. The first-order valence-electron chi connectivity index (χ1n) is 13.9. The van der Waals surface area contributed by atoms with E-state index in [0.29, 0.717) is 13.0 Å². The number of carbonyl (C=O) groups is 1. The lowest BCUT2D eigenvalue weighted by Crippen LogP contribution is -2.63. The Kier molecular flexibility index (Phi) is 11.7. The fraction of sp³-hybridized carbons (Fsp3) is 0.759. The monoisotopic (exact) mass is 584 g/mol. The van der Waals surface area contributed by atoms with Crippen LogP contribution in [-0.2, 0) is 49.0 Å². The van der Waals surface area contributed by atoms with Crippen molar-refractivity contribution in [2.24, 2.45) is 0 Å². The van der Waals surface area contributed by atoms with Gasteiger partial charge in [0.2, 0.25) is 0 Å². The summed E-state index contributed by atoms with van der Waals surface area (Å²) >= 11 is 0. The summed E-state index contributed by atoms with van der Waals surface area (Å²) in [5.74, 6) is -0.532. The average Bonchev–Trinajstić information content (AvgIpc) is 2.86. The quantitative estimate of drug-likeness (QED) is 0.305. The minimum atomic E-state index is -2.17. The standard InChI is InChI=1S/C29H48O10Si/c1-18-24(39-40(8,9)29(3,4)5)21(34-16-20-13-11-10-12-14-20)15-23(35-18)38-27-26(36-19(2)30)25(33-7)22(17-32-6)37-28(27)31/h10-14,18,21-28,31H,15-17H2,1-9H3/t18-,21-,22-,23-,24-,25-,26+,27-,28+/m1/s1. The van der Waals surface area contributed by atoms with Crippen molar-refractivity contribution in [1.82, 2.24) is 0 Å². The first-order chi connectivity index (χ1) is 18.8. The van der Waals surface area contributed by atoms with E-state index in [2.05, 4.69) is 33.9 Å². The largest absolute Gasteiger partial charge is 0.457 e. The first-order valence-corrected chi connectivity index (χ1v) is 16.8. The number of esters is 1. The minimum Gasteiger partial charge on any atom is -0.457 e. The molecular weight excluding hydrogens is 536 g/mol. The molecule has 2 fully saturated rings. The van der Waals surface area contributed by atoms with Crippen molar-refractivity contribution in [3.05, 3.63) is 35.9 Å². The molecule has 11 heteroatoms. The van der Waals surface area contributed by atoms with Gasteiger partial charge in [-0.2, -0.15) is 0 Å². The molecule has 0 saturated carbocycles. The molecule has 0 aromatic heterocycles. The molecule has 2 aliphatic rings. The SMILES string of the molecule is COC[C@H]1O[C@H](O)[C@H](O[C@@H]2C[C@@H](OCc3ccccc3)[C@H](O[Si](C)(C)C(C)(C)C)[C@@H](C)O2)[C@@H](OC(C)=O)[C@@H]1OC. The molecule has 2 heterocycles. The van der Waals surface area contributed by atoms with Crippen LogP contribution in [-0.4, -0.2) is 95.5 Å². The zero-order chi connectivity index (χ0) is 29.7. The van der Waals surface area contributed by atoms with Gasteiger partial charge in [0.25, 0.3) is 0 Å². The van der Waals surface area contributed by atoms with Crippen LogP contribution in [0.15, 0.2) is 30.3 Å². The van der Waals surface area contributed by atoms with Gasteiger partial charge in [0.1, 0.15) is 12.2 Å². The van der Waals surface area contributed by atoms with Crippen LogP contribution >= 0.6 is 0 Å². The van der Waals surface area contributed by atoms with E-state index in [-0.39, 0.29) is 30.0 Å². The third-order valence-electron chi connectivity index (χ3n) is 7.99. The van der Waals surface area contributed by atoms with E-state index in [1.165, 1.54) is 21.1 Å². The highest BCUT2D eigenvalue weighted by Gasteiger charge is 2.51. The van der Waals surface area contributed by atoms with Gasteiger partial charge in [-0.25, -0.2) is 0 Å². The lowest BCUT2D eigenvalue weighted by Gasteiger charge is -2.48. The molecule has 9 atom stereocenters. The summed E-state index contributed by atoms with van der Waals surface area (Å²) in [4.78, 5) is 12.0. The Morgan fingerprint density at radius 3 is 2.30 bits per heavy atom. The second-order valence-electron chi connectivity index (χ2n) is 12.1. The number of methoxy groups -OCH3 is 2. The Hall–Kier alpha value is -1.41. The lowest BCUT2D eigenvalue weighted by atomic mass is 9.97. The molecule has 0 bridgehead atoms. The molecule has 0 spiro atoms. The van der Waals surface area contributed by atoms with Crippen molar-refractivity contribution < 1.29 is 47.5 Å². The molecule has 0 unspecified atom stereocenters. The molecule has 1 N–H and O–H groups in total. The predicted molar refractivity (Wildman–Crippen MR) is 150 cm³/mol. The fourth-order valence-corrected chi connectivity index (χ4v) is 6.22. The van der Waals surface area contributed by atoms with Crippen molar-refractivity contribution in [1.29, 1.82) is 0 Å². The van der Waals surface area contributed by atoms with Crippen LogP contribution in [0.2, 0.25) is 18.1 Å². The van der Waals surface area contributed by atoms with Crippen LogP contribution in [0.25, 0.3) is 0 Å². The van der Waals surface area contributed by atoms with Crippen LogP contribution in [0.3, 0.4) is 0 Å². The summed E-state index contributed by atoms with van der Waals surface area (Å²) in [5, 5.41) is 10.9. The van der Waals surface area contributed by atoms with Gasteiger partial charge in [0, 0.05) is 27.6 Å². The van der Waals surface area contributed by atoms with Gasteiger partial charge in [-0.3, -0.25) is 4.79 Å². The van der Waals surface area contributed by atoms with Crippen molar-refractivity contribution in [3.63, 3.8) is 0 Å². The van der Waals surface area contributed by atoms with Crippen molar-refractivity contribution in [3.8, 4) is 0 Å². The second-order valence-corrected chi connectivity index (χ2v) is 16.8. The number of ether oxygens (including phenoxy) is 7. The maximum absolute atomic E-state index is 12.0. The maximum atomic E-state index is 12.0. The van der Waals surface area contributed by atoms with Crippen LogP contribution in [0.5, 0.6) is 0 Å². The highest BCUT2D eigenvalue weighted by Crippen LogP contribution is 2.40. The van der Waals surface area contributed by atoms with E-state index in [9.17, 15) is 9.90 Å². The Bertz CT molecular complexity index is 923. The Morgan fingerprint density at radius 2 is 1.73 bits per heavy atom. The third kappa shape index (κ3) is 8.33. The summed E-state index contributed by atoms with van der Waals surface area (Å²) in [6.45, 7) is 14.8. The first kappa shape index (κ1) is 33.1. The van der Waals surface area contributed by atoms with E-state index in [1.54, 1.807) is 0 Å². The predicted octanol–water partition coefficient (Wildman–Crippen LogP) is 3.79. The van der Waals surface area contributed by atoms with Crippen LogP contribution in [0.4, 0.5) is 0 Å². The molecule has 0 aliphatic carbocycles. The Balaban J connectivity index is 1.83. The average molecular weight is 585 g/mol. The molecule has 2 aliphatic heterocycles. The summed E-state index contributed by atoms with van der Waals surface area (Å²) in [7, 11) is 0.833. The Labute approximate surface area is 239 Å². The molecule has 3 rings (SSSR count). The zero-order valence-electron chi connectivity index (χ0n) is 25.3. The molecule has 1 aromatic carbocycles. The summed E-state index contributed by atoms with van der Waals surface area (Å²) in [6.07, 6.45) is -6.29. The third-order valence-corrected chi connectivity index (χ3v) is 12.5. The molecule has 10 nitrogen and oxygen atoms in total. The van der Waals surface area contributed by atoms with Gasteiger partial charge in [-0.05, 0) is 30.6 Å². The van der Waals surface area contributed by atoms with Gasteiger partial charge >= 0.3 is 5.97 Å². The number of carbonyl (C=O) groups excluding carboxylic acids is 1. The van der Waals surface area contributed by atoms with Crippen molar-refractivity contribution >= 4 is 14.3 Å². The van der Waals surface area contributed by atoms with Gasteiger partial charge in [0.15, 0.2) is 33.1 Å². The summed E-state index contributed by atoms with van der Waals surface area (Å²) < 4.78 is 48.1. The van der Waals surface area contributed by atoms with Crippen molar-refractivity contribution in [2.75, 3.05) is 20.8 Å². The number of hydrogen-bond donors (Lipinski definition) is 1. The van der Waals surface area contributed by atoms with Crippen LogP contribution < -0.4 is 0 Å². The van der Waals surface area contributed by atoms with Gasteiger partial charge < -0.3 is 42.7 Å².